The van der Waals surface area contributed by atoms with E-state index in [0.717, 1.165) is 5.56 Å². The van der Waals surface area contributed by atoms with Crippen molar-refractivity contribution < 1.29 is 23.5 Å². The topological polar surface area (TPSA) is 81.0 Å². The summed E-state index contributed by atoms with van der Waals surface area (Å²) in [6.45, 7) is 1.44. The van der Waals surface area contributed by atoms with E-state index in [-0.39, 0.29) is 29.4 Å². The Balaban J connectivity index is 1.62. The van der Waals surface area contributed by atoms with Crippen LogP contribution in [0.25, 0.3) is 0 Å². The SMILES string of the molecule is COc1cccc(C2CN(C(=O)c3ccco3)CC2C(=O)NCC2CC2)c1OC. The molecular weight excluding hydrogens is 372 g/mol. The van der Waals surface area contributed by atoms with E-state index in [1.165, 1.54) is 19.1 Å². The van der Waals surface area contributed by atoms with Gasteiger partial charge in [-0.2, -0.15) is 0 Å². The van der Waals surface area contributed by atoms with Crippen molar-refractivity contribution in [2.75, 3.05) is 33.9 Å². The van der Waals surface area contributed by atoms with Crippen LogP contribution in [0.3, 0.4) is 0 Å². The number of rotatable bonds is 7. The van der Waals surface area contributed by atoms with E-state index in [9.17, 15) is 9.59 Å². The second-order valence-corrected chi connectivity index (χ2v) is 7.67. The Kier molecular flexibility index (Phi) is 5.47. The third kappa shape index (κ3) is 3.95. The lowest BCUT2D eigenvalue weighted by Gasteiger charge is -2.21. The van der Waals surface area contributed by atoms with Crippen LogP contribution >= 0.6 is 0 Å². The molecule has 2 unspecified atom stereocenters. The molecule has 2 fully saturated rings. The Morgan fingerprint density at radius 3 is 2.62 bits per heavy atom. The third-order valence-electron chi connectivity index (χ3n) is 5.77. The Labute approximate surface area is 170 Å². The van der Waals surface area contributed by atoms with Gasteiger partial charge >= 0.3 is 0 Å². The molecule has 4 rings (SSSR count). The van der Waals surface area contributed by atoms with Crippen LogP contribution in [-0.2, 0) is 4.79 Å². The van der Waals surface area contributed by atoms with Gasteiger partial charge in [-0.25, -0.2) is 0 Å². The molecule has 7 nitrogen and oxygen atoms in total. The lowest BCUT2D eigenvalue weighted by molar-refractivity contribution is -0.125. The minimum absolute atomic E-state index is 0.0264. The van der Waals surface area contributed by atoms with Crippen molar-refractivity contribution in [3.05, 3.63) is 47.9 Å². The van der Waals surface area contributed by atoms with Crippen molar-refractivity contribution in [3.8, 4) is 11.5 Å². The predicted octanol–water partition coefficient (Wildman–Crippen LogP) is 2.68. The molecule has 2 atom stereocenters. The smallest absolute Gasteiger partial charge is 0.289 e. The molecule has 0 radical (unpaired) electrons. The average molecular weight is 398 g/mol. The third-order valence-corrected chi connectivity index (χ3v) is 5.77. The van der Waals surface area contributed by atoms with Gasteiger partial charge in [0.25, 0.3) is 5.91 Å². The maximum atomic E-state index is 13.0. The number of nitrogens with zero attached hydrogens (tertiary/aromatic N) is 1. The van der Waals surface area contributed by atoms with Crippen LogP contribution in [-0.4, -0.2) is 50.6 Å². The van der Waals surface area contributed by atoms with Gasteiger partial charge in [-0.3, -0.25) is 9.59 Å². The number of para-hydroxylation sites is 1. The highest BCUT2D eigenvalue weighted by molar-refractivity contribution is 5.93. The van der Waals surface area contributed by atoms with Crippen molar-refractivity contribution in [1.29, 1.82) is 0 Å². The molecule has 0 bridgehead atoms. The van der Waals surface area contributed by atoms with E-state index >= 15 is 0 Å². The zero-order chi connectivity index (χ0) is 20.4. The van der Waals surface area contributed by atoms with Gasteiger partial charge in [0.15, 0.2) is 17.3 Å². The molecule has 7 heteroatoms. The fourth-order valence-electron chi connectivity index (χ4n) is 4.01. The first-order valence-electron chi connectivity index (χ1n) is 9.93. The number of hydrogen-bond acceptors (Lipinski definition) is 5. The van der Waals surface area contributed by atoms with Gasteiger partial charge in [-0.05, 0) is 37.0 Å². The van der Waals surface area contributed by atoms with E-state index in [0.29, 0.717) is 37.1 Å². The highest BCUT2D eigenvalue weighted by Crippen LogP contribution is 2.42. The summed E-state index contributed by atoms with van der Waals surface area (Å²) in [7, 11) is 3.17. The minimum atomic E-state index is -0.367. The summed E-state index contributed by atoms with van der Waals surface area (Å²) in [5, 5.41) is 3.07. The number of likely N-dealkylation sites (tertiary alicyclic amines) is 1. The summed E-state index contributed by atoms with van der Waals surface area (Å²) in [5.74, 6) is 1.28. The van der Waals surface area contributed by atoms with E-state index in [1.807, 2.05) is 18.2 Å². The molecule has 0 spiro atoms. The minimum Gasteiger partial charge on any atom is -0.493 e. The van der Waals surface area contributed by atoms with Gasteiger partial charge in [0.2, 0.25) is 5.91 Å². The van der Waals surface area contributed by atoms with E-state index in [4.69, 9.17) is 13.9 Å². The summed E-state index contributed by atoms with van der Waals surface area (Å²) in [6, 6.07) is 8.97. The molecule has 154 valence electrons. The van der Waals surface area contributed by atoms with Crippen LogP contribution in [0.2, 0.25) is 0 Å². The number of ether oxygens (including phenoxy) is 2. The first-order chi connectivity index (χ1) is 14.1. The highest BCUT2D eigenvalue weighted by atomic mass is 16.5. The van der Waals surface area contributed by atoms with Gasteiger partial charge < -0.3 is 24.1 Å². The number of furan rings is 1. The molecule has 1 aliphatic heterocycles. The van der Waals surface area contributed by atoms with Crippen molar-refractivity contribution in [3.63, 3.8) is 0 Å². The van der Waals surface area contributed by atoms with E-state index in [2.05, 4.69) is 5.32 Å². The number of carbonyl (C=O) groups excluding carboxylic acids is 2. The van der Waals surface area contributed by atoms with Gasteiger partial charge in [-0.15, -0.1) is 0 Å². The lowest BCUT2D eigenvalue weighted by atomic mass is 9.87. The van der Waals surface area contributed by atoms with Crippen molar-refractivity contribution >= 4 is 11.8 Å². The summed E-state index contributed by atoms with van der Waals surface area (Å²) in [5.41, 5.74) is 0.869. The second kappa shape index (κ2) is 8.19. The standard InChI is InChI=1S/C22H26N2O5/c1-27-18-6-3-5-15(20(18)28-2)16-12-24(22(26)19-7-4-10-29-19)13-17(16)21(25)23-11-14-8-9-14/h3-7,10,14,16-17H,8-9,11-13H2,1-2H3,(H,23,25). The van der Waals surface area contributed by atoms with Crippen molar-refractivity contribution in [2.45, 2.75) is 18.8 Å². The second-order valence-electron chi connectivity index (χ2n) is 7.67. The molecular formula is C22H26N2O5. The highest BCUT2D eigenvalue weighted by Gasteiger charge is 2.42. The number of nitrogens with one attached hydrogen (secondary N) is 1. The van der Waals surface area contributed by atoms with Crippen molar-refractivity contribution in [2.24, 2.45) is 11.8 Å². The lowest BCUT2D eigenvalue weighted by Crippen LogP contribution is -2.36. The molecule has 2 aromatic rings. The number of benzene rings is 1. The van der Waals surface area contributed by atoms with Crippen LogP contribution in [0, 0.1) is 11.8 Å². The number of amides is 2. The first kappa shape index (κ1) is 19.4. The van der Waals surface area contributed by atoms with E-state index in [1.54, 1.807) is 31.3 Å². The summed E-state index contributed by atoms with van der Waals surface area (Å²) >= 11 is 0. The molecule has 2 aliphatic rings. The molecule has 1 saturated carbocycles. The maximum Gasteiger partial charge on any atom is 0.289 e. The van der Waals surface area contributed by atoms with Gasteiger partial charge in [-0.1, -0.05) is 12.1 Å². The van der Waals surface area contributed by atoms with Gasteiger partial charge in [0.1, 0.15) is 0 Å². The molecule has 1 aromatic heterocycles. The fraction of sp³-hybridized carbons (Fsp3) is 0.455. The van der Waals surface area contributed by atoms with Crippen LogP contribution < -0.4 is 14.8 Å². The summed E-state index contributed by atoms with van der Waals surface area (Å²) in [6.07, 6.45) is 3.81. The Bertz CT molecular complexity index is 875. The van der Waals surface area contributed by atoms with Crippen LogP contribution in [0.15, 0.2) is 41.0 Å². The van der Waals surface area contributed by atoms with Gasteiger partial charge in [0, 0.05) is 31.1 Å². The largest absolute Gasteiger partial charge is 0.493 e. The molecule has 2 heterocycles. The Morgan fingerprint density at radius 2 is 1.97 bits per heavy atom. The average Bonchev–Trinajstić information content (AvgIpc) is 3.23. The molecule has 1 N–H and O–H groups in total. The molecule has 1 aromatic carbocycles. The quantitative estimate of drug-likeness (QED) is 0.776. The monoisotopic (exact) mass is 398 g/mol. The fourth-order valence-corrected chi connectivity index (χ4v) is 4.01. The normalized spacial score (nSPS) is 21.1. The molecule has 1 saturated heterocycles. The number of hydrogen-bond donors (Lipinski definition) is 1. The van der Waals surface area contributed by atoms with E-state index < -0.39 is 0 Å². The number of carbonyl (C=O) groups is 2. The molecule has 2 amide bonds. The van der Waals surface area contributed by atoms with Crippen molar-refractivity contribution in [1.82, 2.24) is 10.2 Å². The zero-order valence-electron chi connectivity index (χ0n) is 16.7. The van der Waals surface area contributed by atoms with Crippen LogP contribution in [0.5, 0.6) is 11.5 Å². The van der Waals surface area contributed by atoms with Gasteiger partial charge in [0.05, 0.1) is 26.4 Å². The van der Waals surface area contributed by atoms with Crippen LogP contribution in [0.1, 0.15) is 34.9 Å². The maximum absolute atomic E-state index is 13.0. The molecule has 29 heavy (non-hydrogen) atoms. The summed E-state index contributed by atoms with van der Waals surface area (Å²) in [4.78, 5) is 27.6. The Morgan fingerprint density at radius 1 is 1.14 bits per heavy atom. The zero-order valence-corrected chi connectivity index (χ0v) is 16.7. The Hall–Kier alpha value is -2.96. The predicted molar refractivity (Wildman–Crippen MR) is 106 cm³/mol. The first-order valence-corrected chi connectivity index (χ1v) is 9.93. The van der Waals surface area contributed by atoms with Crippen LogP contribution in [0.4, 0.5) is 0 Å². The molecule has 1 aliphatic carbocycles. The summed E-state index contributed by atoms with van der Waals surface area (Å²) < 4.78 is 16.3. The number of methoxy groups -OCH3 is 2.